The van der Waals surface area contributed by atoms with Gasteiger partial charge in [-0.05, 0) is 13.3 Å². The molecule has 0 spiro atoms. The Morgan fingerprint density at radius 1 is 1.59 bits per heavy atom. The van der Waals surface area contributed by atoms with Crippen LogP contribution in [-0.4, -0.2) is 50.1 Å². The molecule has 0 aliphatic carbocycles. The zero-order valence-electron chi connectivity index (χ0n) is 9.87. The van der Waals surface area contributed by atoms with Crippen molar-refractivity contribution in [3.8, 4) is 0 Å². The van der Waals surface area contributed by atoms with Gasteiger partial charge in [0.05, 0.1) is 0 Å². The fourth-order valence-corrected chi connectivity index (χ4v) is 6.57. The van der Waals surface area contributed by atoms with Crippen LogP contribution in [0, 0.1) is 0 Å². The van der Waals surface area contributed by atoms with Gasteiger partial charge < -0.3 is 9.84 Å². The van der Waals surface area contributed by atoms with E-state index in [-0.39, 0.29) is 5.91 Å². The average Bonchev–Trinajstić information content (AvgIpc) is 2.52. The molecule has 1 aliphatic rings. The minimum atomic E-state index is -1.62. The van der Waals surface area contributed by atoms with Gasteiger partial charge in [0.25, 0.3) is 5.91 Å². The second-order valence-electron chi connectivity index (χ2n) is 3.54. The second-order valence-corrected chi connectivity index (χ2v) is 8.25. The van der Waals surface area contributed by atoms with Crippen LogP contribution in [0.15, 0.2) is 0 Å². The molecule has 1 aliphatic heterocycles. The number of amides is 1. The Kier molecular flexibility index (Phi) is 6.09. The van der Waals surface area contributed by atoms with Gasteiger partial charge in [-0.2, -0.15) is 0 Å². The third-order valence-electron chi connectivity index (χ3n) is 2.39. The summed E-state index contributed by atoms with van der Waals surface area (Å²) in [7, 11) is -1.62. The number of rotatable bonds is 6. The topological polar surface area (TPSA) is 66.8 Å². The highest BCUT2D eigenvalue weighted by Crippen LogP contribution is 2.40. The maximum Gasteiger partial charge on any atom is 0.289 e. The number of aliphatic hydroxyl groups is 1. The molecule has 17 heavy (non-hydrogen) atoms. The quantitative estimate of drug-likeness (QED) is 0.725. The van der Waals surface area contributed by atoms with Crippen LogP contribution in [0.5, 0.6) is 0 Å². The largest absolute Gasteiger partial charge is 0.375 e. The van der Waals surface area contributed by atoms with Crippen molar-refractivity contribution in [1.29, 1.82) is 0 Å². The lowest BCUT2D eigenvalue weighted by Gasteiger charge is -2.10. The van der Waals surface area contributed by atoms with E-state index in [9.17, 15) is 9.00 Å². The molecule has 4 unspecified atom stereocenters. The van der Waals surface area contributed by atoms with Gasteiger partial charge in [-0.3, -0.25) is 4.79 Å². The number of hydrogen-bond donors (Lipinski definition) is 1. The van der Waals surface area contributed by atoms with E-state index in [1.807, 2.05) is 6.92 Å². The number of hydrogen-bond acceptors (Lipinski definition) is 5. The summed E-state index contributed by atoms with van der Waals surface area (Å²) in [6.07, 6.45) is 1.66. The zero-order valence-corrected chi connectivity index (χ0v) is 12.4. The first-order chi connectivity index (χ1) is 8.08. The SMILES string of the molecule is CCC[P+](=S)C1C(=O)N(CO)S(=O)C1OCC. The van der Waals surface area contributed by atoms with E-state index in [4.69, 9.17) is 21.7 Å². The van der Waals surface area contributed by atoms with E-state index >= 15 is 0 Å². The molecule has 1 amide bonds. The van der Waals surface area contributed by atoms with Gasteiger partial charge in [0, 0.05) is 6.61 Å². The van der Waals surface area contributed by atoms with Gasteiger partial charge in [-0.25, -0.2) is 8.51 Å². The Labute approximate surface area is 110 Å². The van der Waals surface area contributed by atoms with E-state index in [2.05, 4.69) is 0 Å². The minimum Gasteiger partial charge on any atom is -0.375 e. The Morgan fingerprint density at radius 3 is 2.71 bits per heavy atom. The summed E-state index contributed by atoms with van der Waals surface area (Å²) >= 11 is 5.34. The minimum absolute atomic E-state index is 0.334. The molecule has 0 aromatic heterocycles. The monoisotopic (exact) mass is 298 g/mol. The van der Waals surface area contributed by atoms with Crippen LogP contribution in [0.4, 0.5) is 0 Å². The normalized spacial score (nSPS) is 29.8. The maximum atomic E-state index is 12.0. The first-order valence-electron chi connectivity index (χ1n) is 5.46. The molecule has 1 N–H and O–H groups in total. The van der Waals surface area contributed by atoms with E-state index in [1.165, 1.54) is 0 Å². The molecule has 0 aromatic carbocycles. The first kappa shape index (κ1) is 15.1. The molecule has 0 saturated carbocycles. The number of ether oxygens (including phenoxy) is 1. The summed E-state index contributed by atoms with van der Waals surface area (Å²) in [5.74, 6) is -0.334. The van der Waals surface area contributed by atoms with Crippen LogP contribution in [-0.2, 0) is 32.3 Å². The molecule has 98 valence electrons. The van der Waals surface area contributed by atoms with Crippen molar-refractivity contribution in [1.82, 2.24) is 4.31 Å². The number of carbonyl (C=O) groups is 1. The highest BCUT2D eigenvalue weighted by molar-refractivity contribution is 8.06. The molecule has 0 radical (unpaired) electrons. The van der Waals surface area contributed by atoms with Crippen LogP contribution in [0.2, 0.25) is 0 Å². The lowest BCUT2D eigenvalue weighted by Crippen LogP contribution is -2.29. The van der Waals surface area contributed by atoms with Crippen molar-refractivity contribution in [2.75, 3.05) is 19.5 Å². The third kappa shape index (κ3) is 3.09. The highest BCUT2D eigenvalue weighted by atomic mass is 32.4. The van der Waals surface area contributed by atoms with Crippen molar-refractivity contribution in [3.63, 3.8) is 0 Å². The second kappa shape index (κ2) is 6.85. The van der Waals surface area contributed by atoms with Crippen molar-refractivity contribution in [2.24, 2.45) is 0 Å². The molecule has 5 nitrogen and oxygen atoms in total. The van der Waals surface area contributed by atoms with Crippen molar-refractivity contribution >= 4 is 35.4 Å². The van der Waals surface area contributed by atoms with Gasteiger partial charge in [-0.1, -0.05) is 6.92 Å². The predicted octanol–water partition coefficient (Wildman–Crippen LogP) is 0.527. The van der Waals surface area contributed by atoms with Crippen molar-refractivity contribution < 1.29 is 18.8 Å². The van der Waals surface area contributed by atoms with Crippen molar-refractivity contribution in [2.45, 2.75) is 31.4 Å². The lowest BCUT2D eigenvalue weighted by atomic mass is 10.4. The smallest absolute Gasteiger partial charge is 0.289 e. The summed E-state index contributed by atoms with van der Waals surface area (Å²) < 4.78 is 18.3. The number of carbonyl (C=O) groups excluding carboxylic acids is 1. The molecule has 1 heterocycles. The summed E-state index contributed by atoms with van der Waals surface area (Å²) in [5.41, 5.74) is -1.21. The van der Waals surface area contributed by atoms with Crippen LogP contribution in [0.25, 0.3) is 0 Å². The van der Waals surface area contributed by atoms with Crippen LogP contribution in [0.3, 0.4) is 0 Å². The molecular weight excluding hydrogens is 281 g/mol. The Balaban J connectivity index is 2.94. The van der Waals surface area contributed by atoms with Gasteiger partial charge >= 0.3 is 0 Å². The summed E-state index contributed by atoms with van der Waals surface area (Å²) in [4.78, 5) is 12.0. The van der Waals surface area contributed by atoms with Crippen LogP contribution < -0.4 is 0 Å². The highest BCUT2D eigenvalue weighted by Gasteiger charge is 2.55. The van der Waals surface area contributed by atoms with Gasteiger partial charge in [0.15, 0.2) is 29.5 Å². The molecule has 1 rings (SSSR count). The molecule has 4 atom stereocenters. The molecule has 1 saturated heterocycles. The first-order valence-corrected chi connectivity index (χ1v) is 9.24. The van der Waals surface area contributed by atoms with E-state index in [0.29, 0.717) is 6.61 Å². The Bertz CT molecular complexity index is 339. The van der Waals surface area contributed by atoms with E-state index in [0.717, 1.165) is 16.9 Å². The van der Waals surface area contributed by atoms with Crippen LogP contribution in [0.1, 0.15) is 20.3 Å². The van der Waals surface area contributed by atoms with Gasteiger partial charge in [-0.15, -0.1) is 0 Å². The third-order valence-corrected chi connectivity index (χ3v) is 7.35. The van der Waals surface area contributed by atoms with E-state index < -0.39 is 35.5 Å². The fraction of sp³-hybridized carbons (Fsp3) is 0.889. The molecule has 0 bridgehead atoms. The Hall–Kier alpha value is 0.0600. The van der Waals surface area contributed by atoms with Crippen molar-refractivity contribution in [3.05, 3.63) is 0 Å². The summed E-state index contributed by atoms with van der Waals surface area (Å²) in [6.45, 7) is 2.65. The number of aliphatic hydroxyl groups excluding tert-OH is 1. The standard InChI is InChI=1S/C9H17NO4PS2/c1-3-5-15(16)7-8(12)10(6-11)17(13)9(7)14-4-2/h7,9,11H,3-6H2,1-2H3/q+1. The molecular formula is C9H17NO4PS2+. The number of nitrogens with zero attached hydrogens (tertiary/aromatic N) is 1. The molecule has 8 heteroatoms. The summed E-state index contributed by atoms with van der Waals surface area (Å²) in [5, 5.41) is 9.05. The molecule has 1 fully saturated rings. The predicted molar refractivity (Wildman–Crippen MR) is 70.7 cm³/mol. The zero-order chi connectivity index (χ0) is 13.0. The molecule has 0 aromatic rings. The van der Waals surface area contributed by atoms with E-state index in [1.54, 1.807) is 6.92 Å². The summed E-state index contributed by atoms with van der Waals surface area (Å²) in [6, 6.07) is 0. The fourth-order valence-electron chi connectivity index (χ4n) is 1.65. The Morgan fingerprint density at radius 2 is 2.24 bits per heavy atom. The average molecular weight is 298 g/mol. The maximum absolute atomic E-state index is 12.0. The van der Waals surface area contributed by atoms with Crippen LogP contribution >= 0.6 is 6.70 Å². The van der Waals surface area contributed by atoms with Gasteiger partial charge in [0.1, 0.15) is 12.9 Å². The lowest BCUT2D eigenvalue weighted by molar-refractivity contribution is -0.127. The van der Waals surface area contributed by atoms with Gasteiger partial charge in [0.2, 0.25) is 11.1 Å².